The van der Waals surface area contributed by atoms with E-state index < -0.39 is 6.09 Å². The molecule has 72 valence electrons. The van der Waals surface area contributed by atoms with Crippen LogP contribution in [-0.2, 0) is 4.74 Å². The van der Waals surface area contributed by atoms with Gasteiger partial charge in [0.25, 0.3) is 0 Å². The van der Waals surface area contributed by atoms with Crippen molar-refractivity contribution in [2.24, 2.45) is 0 Å². The highest BCUT2D eigenvalue weighted by Crippen LogP contribution is 1.93. The third-order valence-electron chi connectivity index (χ3n) is 1.12. The zero-order valence-electron chi connectivity index (χ0n) is 7.21. The monoisotopic (exact) mass is 193 g/mol. The van der Waals surface area contributed by atoms with E-state index in [4.69, 9.17) is 5.11 Å². The van der Waals surface area contributed by atoms with Gasteiger partial charge in [-0.2, -0.15) is 11.8 Å². The second-order valence-corrected chi connectivity index (χ2v) is 3.12. The average molecular weight is 193 g/mol. The van der Waals surface area contributed by atoms with Crippen LogP contribution in [0.4, 0.5) is 4.79 Å². The molecule has 0 unspecified atom stereocenters. The Bertz CT molecular complexity index is 121. The predicted octanol–water partition coefficient (Wildman–Crippen LogP) is 0.458. The minimum absolute atomic E-state index is 0.0639. The highest BCUT2D eigenvalue weighted by Gasteiger charge is 1.98. The molecule has 0 rings (SSSR count). The highest BCUT2D eigenvalue weighted by molar-refractivity contribution is 7.98. The Kier molecular flexibility index (Phi) is 8.37. The average Bonchev–Trinajstić information content (AvgIpc) is 2.09. The maximum atomic E-state index is 10.7. The summed E-state index contributed by atoms with van der Waals surface area (Å²) >= 11 is 1.74. The Labute approximate surface area is 76.7 Å². The first kappa shape index (κ1) is 11.6. The summed E-state index contributed by atoms with van der Waals surface area (Å²) in [6, 6.07) is 0. The van der Waals surface area contributed by atoms with E-state index in [1.807, 2.05) is 6.26 Å². The number of hydrogen-bond donors (Lipinski definition) is 2. The molecule has 0 saturated carbocycles. The Morgan fingerprint density at radius 2 is 2.42 bits per heavy atom. The van der Waals surface area contributed by atoms with Crippen molar-refractivity contribution < 1.29 is 14.6 Å². The van der Waals surface area contributed by atoms with E-state index in [9.17, 15) is 4.79 Å². The first-order valence-electron chi connectivity index (χ1n) is 3.81. The molecule has 0 aromatic heterocycles. The zero-order chi connectivity index (χ0) is 9.23. The van der Waals surface area contributed by atoms with Crippen LogP contribution in [0.5, 0.6) is 0 Å². The number of ether oxygens (including phenoxy) is 1. The molecule has 0 aromatic rings. The molecule has 0 aliphatic heterocycles. The molecule has 0 heterocycles. The SMILES string of the molecule is CSCCCNC(=O)OCCO. The van der Waals surface area contributed by atoms with Gasteiger partial charge in [0.05, 0.1) is 6.61 Å². The van der Waals surface area contributed by atoms with Crippen LogP contribution in [0.2, 0.25) is 0 Å². The molecule has 4 nitrogen and oxygen atoms in total. The maximum absolute atomic E-state index is 10.7. The molecular formula is C7H15NO3S. The van der Waals surface area contributed by atoms with Gasteiger partial charge in [0.2, 0.25) is 0 Å². The molecule has 0 aliphatic rings. The fourth-order valence-electron chi connectivity index (χ4n) is 0.596. The topological polar surface area (TPSA) is 58.6 Å². The first-order chi connectivity index (χ1) is 5.81. The summed E-state index contributed by atoms with van der Waals surface area (Å²) in [6.45, 7) is 0.567. The van der Waals surface area contributed by atoms with E-state index in [0.29, 0.717) is 6.54 Å². The summed E-state index contributed by atoms with van der Waals surface area (Å²) in [5, 5.41) is 10.9. The highest BCUT2D eigenvalue weighted by atomic mass is 32.2. The van der Waals surface area contributed by atoms with Crippen molar-refractivity contribution in [3.05, 3.63) is 0 Å². The van der Waals surface area contributed by atoms with E-state index in [1.165, 1.54) is 0 Å². The van der Waals surface area contributed by atoms with Crippen LogP contribution in [0.3, 0.4) is 0 Å². The number of aliphatic hydroxyl groups excluding tert-OH is 1. The molecule has 0 bridgehead atoms. The third kappa shape index (κ3) is 7.68. The van der Waals surface area contributed by atoms with Crippen molar-refractivity contribution in [2.45, 2.75) is 6.42 Å². The van der Waals surface area contributed by atoms with Crippen LogP contribution in [0.15, 0.2) is 0 Å². The Balaban J connectivity index is 3.08. The van der Waals surface area contributed by atoms with Crippen molar-refractivity contribution in [3.63, 3.8) is 0 Å². The molecule has 0 fully saturated rings. The number of aliphatic hydroxyl groups is 1. The minimum atomic E-state index is -0.454. The summed E-state index contributed by atoms with van der Waals surface area (Å²) in [5.41, 5.74) is 0. The quantitative estimate of drug-likeness (QED) is 0.602. The molecule has 5 heteroatoms. The third-order valence-corrected chi connectivity index (χ3v) is 1.82. The fourth-order valence-corrected chi connectivity index (χ4v) is 1.03. The largest absolute Gasteiger partial charge is 0.447 e. The summed E-state index contributed by atoms with van der Waals surface area (Å²) in [4.78, 5) is 10.7. The molecule has 0 aromatic carbocycles. The van der Waals surface area contributed by atoms with Crippen LogP contribution >= 0.6 is 11.8 Å². The molecule has 0 radical (unpaired) electrons. The number of hydrogen-bond acceptors (Lipinski definition) is 4. The number of amides is 1. The van der Waals surface area contributed by atoms with Gasteiger partial charge in [-0.3, -0.25) is 0 Å². The summed E-state index contributed by atoms with van der Waals surface area (Å²) in [5.74, 6) is 1.03. The molecule has 0 atom stereocenters. The smallest absolute Gasteiger partial charge is 0.407 e. The Hall–Kier alpha value is -0.420. The van der Waals surface area contributed by atoms with Crippen LogP contribution in [-0.4, -0.2) is 43.0 Å². The van der Waals surface area contributed by atoms with Gasteiger partial charge in [-0.1, -0.05) is 0 Å². The maximum Gasteiger partial charge on any atom is 0.407 e. The Morgan fingerprint density at radius 1 is 1.67 bits per heavy atom. The lowest BCUT2D eigenvalue weighted by Gasteiger charge is -2.04. The van der Waals surface area contributed by atoms with E-state index >= 15 is 0 Å². The molecule has 2 N–H and O–H groups in total. The van der Waals surface area contributed by atoms with Crippen molar-refractivity contribution in [1.29, 1.82) is 0 Å². The number of alkyl carbamates (subject to hydrolysis) is 1. The molecule has 0 spiro atoms. The molecule has 1 amide bonds. The fraction of sp³-hybridized carbons (Fsp3) is 0.857. The van der Waals surface area contributed by atoms with Crippen molar-refractivity contribution >= 4 is 17.9 Å². The van der Waals surface area contributed by atoms with E-state index in [2.05, 4.69) is 10.1 Å². The normalized spacial score (nSPS) is 9.50. The lowest BCUT2D eigenvalue weighted by atomic mass is 10.5. The van der Waals surface area contributed by atoms with Crippen LogP contribution < -0.4 is 5.32 Å². The van der Waals surface area contributed by atoms with Gasteiger partial charge in [-0.15, -0.1) is 0 Å². The van der Waals surface area contributed by atoms with Crippen molar-refractivity contribution in [1.82, 2.24) is 5.32 Å². The van der Waals surface area contributed by atoms with Gasteiger partial charge < -0.3 is 15.2 Å². The lowest BCUT2D eigenvalue weighted by molar-refractivity contribution is 0.119. The van der Waals surface area contributed by atoms with Gasteiger partial charge in [0.1, 0.15) is 6.61 Å². The van der Waals surface area contributed by atoms with Gasteiger partial charge in [0, 0.05) is 6.54 Å². The van der Waals surface area contributed by atoms with E-state index in [0.717, 1.165) is 12.2 Å². The summed E-state index contributed by atoms with van der Waals surface area (Å²) in [6.07, 6.45) is 2.50. The number of thioether (sulfide) groups is 1. The van der Waals surface area contributed by atoms with E-state index in [-0.39, 0.29) is 13.2 Å². The van der Waals surface area contributed by atoms with Crippen LogP contribution in [0.1, 0.15) is 6.42 Å². The second kappa shape index (κ2) is 8.67. The van der Waals surface area contributed by atoms with Gasteiger partial charge in [0.15, 0.2) is 0 Å². The van der Waals surface area contributed by atoms with Crippen molar-refractivity contribution in [2.75, 3.05) is 31.8 Å². The molecule has 12 heavy (non-hydrogen) atoms. The van der Waals surface area contributed by atoms with Crippen LogP contribution in [0.25, 0.3) is 0 Å². The first-order valence-corrected chi connectivity index (χ1v) is 5.21. The van der Waals surface area contributed by atoms with E-state index in [1.54, 1.807) is 11.8 Å². The summed E-state index contributed by atoms with van der Waals surface area (Å²) < 4.78 is 4.56. The lowest BCUT2D eigenvalue weighted by Crippen LogP contribution is -2.26. The Morgan fingerprint density at radius 3 is 3.00 bits per heavy atom. The van der Waals surface area contributed by atoms with Crippen molar-refractivity contribution in [3.8, 4) is 0 Å². The number of carbonyl (C=O) groups is 1. The standard InChI is InChI=1S/C7H15NO3S/c1-12-6-2-3-8-7(10)11-5-4-9/h9H,2-6H2,1H3,(H,8,10). The van der Waals surface area contributed by atoms with Gasteiger partial charge in [-0.25, -0.2) is 4.79 Å². The predicted molar refractivity (Wildman–Crippen MR) is 49.4 cm³/mol. The zero-order valence-corrected chi connectivity index (χ0v) is 8.02. The van der Waals surface area contributed by atoms with Crippen LogP contribution in [0, 0.1) is 0 Å². The second-order valence-electron chi connectivity index (χ2n) is 2.13. The molecule has 0 aliphatic carbocycles. The molecule has 0 saturated heterocycles. The molecular weight excluding hydrogens is 178 g/mol. The number of nitrogens with one attached hydrogen (secondary N) is 1. The summed E-state index contributed by atoms with van der Waals surface area (Å²) in [7, 11) is 0. The minimum Gasteiger partial charge on any atom is -0.447 e. The van der Waals surface area contributed by atoms with Gasteiger partial charge in [-0.05, 0) is 18.4 Å². The number of carbonyl (C=O) groups excluding carboxylic acids is 1. The van der Waals surface area contributed by atoms with Gasteiger partial charge >= 0.3 is 6.09 Å². The number of rotatable bonds is 6.